The predicted molar refractivity (Wildman–Crippen MR) is 70.0 cm³/mol. The normalized spacial score (nSPS) is 9.80. The number of hydrogen-bond acceptors (Lipinski definition) is 5. The Hall–Kier alpha value is -3.14. The summed E-state index contributed by atoms with van der Waals surface area (Å²) in [6.07, 6.45) is 1.15. The number of pyridine rings is 1. The molecule has 1 aromatic heterocycles. The Balaban J connectivity index is 2.31. The van der Waals surface area contributed by atoms with Gasteiger partial charge in [0.05, 0.1) is 16.8 Å². The lowest BCUT2D eigenvalue weighted by atomic mass is 10.2. The van der Waals surface area contributed by atoms with E-state index in [4.69, 9.17) is 16.1 Å². The van der Waals surface area contributed by atoms with Gasteiger partial charge in [0.25, 0.3) is 0 Å². The van der Waals surface area contributed by atoms with Gasteiger partial charge in [0.1, 0.15) is 11.9 Å². The number of nitriles is 1. The Labute approximate surface area is 113 Å². The highest BCUT2D eigenvalue weighted by atomic mass is 19.1. The van der Waals surface area contributed by atoms with E-state index in [-0.39, 0.29) is 22.6 Å². The minimum atomic E-state index is -1.13. The molecule has 0 spiro atoms. The number of carboxylic acids is 1. The highest BCUT2D eigenvalue weighted by Gasteiger charge is 2.09. The Morgan fingerprint density at radius 1 is 1.45 bits per heavy atom. The number of nitrogens with two attached hydrogens (primary N) is 1. The number of benzene rings is 1. The molecule has 6 nitrogen and oxygen atoms in total. The van der Waals surface area contributed by atoms with Crippen LogP contribution in [0.25, 0.3) is 0 Å². The van der Waals surface area contributed by atoms with E-state index in [0.717, 1.165) is 12.3 Å². The number of rotatable bonds is 3. The Morgan fingerprint density at radius 2 is 2.20 bits per heavy atom. The van der Waals surface area contributed by atoms with Crippen molar-refractivity contribution >= 4 is 23.2 Å². The van der Waals surface area contributed by atoms with Crippen LogP contribution in [0.2, 0.25) is 0 Å². The molecule has 1 heterocycles. The van der Waals surface area contributed by atoms with E-state index in [1.807, 2.05) is 0 Å². The maximum Gasteiger partial charge on any atom is 0.337 e. The van der Waals surface area contributed by atoms with Gasteiger partial charge in [-0.25, -0.2) is 14.2 Å². The van der Waals surface area contributed by atoms with Crippen molar-refractivity contribution in [3.05, 3.63) is 47.4 Å². The number of nitrogen functional groups attached to an aromatic ring is 1. The summed E-state index contributed by atoms with van der Waals surface area (Å²) >= 11 is 0. The van der Waals surface area contributed by atoms with E-state index >= 15 is 0 Å². The second kappa shape index (κ2) is 5.24. The predicted octanol–water partition coefficient (Wildman–Crippen LogP) is 2.12. The summed E-state index contributed by atoms with van der Waals surface area (Å²) in [5, 5.41) is 20.3. The zero-order valence-electron chi connectivity index (χ0n) is 10.1. The van der Waals surface area contributed by atoms with Crippen LogP contribution < -0.4 is 11.1 Å². The number of anilines is 3. The fourth-order valence-corrected chi connectivity index (χ4v) is 1.53. The molecule has 0 unspecified atom stereocenters. The number of carboxylic acid groups (broad SMARTS) is 1. The monoisotopic (exact) mass is 272 g/mol. The van der Waals surface area contributed by atoms with Crippen LogP contribution in [0.15, 0.2) is 30.5 Å². The van der Waals surface area contributed by atoms with Crippen LogP contribution in [0.3, 0.4) is 0 Å². The molecule has 2 rings (SSSR count). The van der Waals surface area contributed by atoms with E-state index < -0.39 is 11.8 Å². The first kappa shape index (κ1) is 13.3. The third kappa shape index (κ3) is 2.64. The summed E-state index contributed by atoms with van der Waals surface area (Å²) in [7, 11) is 0. The van der Waals surface area contributed by atoms with Gasteiger partial charge >= 0.3 is 5.97 Å². The smallest absolute Gasteiger partial charge is 0.337 e. The van der Waals surface area contributed by atoms with Gasteiger partial charge in [0, 0.05) is 11.9 Å². The van der Waals surface area contributed by atoms with E-state index in [0.29, 0.717) is 5.69 Å². The van der Waals surface area contributed by atoms with Gasteiger partial charge in [-0.15, -0.1) is 0 Å². The lowest BCUT2D eigenvalue weighted by Crippen LogP contribution is -2.04. The number of aromatic nitrogens is 1. The van der Waals surface area contributed by atoms with E-state index in [1.165, 1.54) is 18.2 Å². The van der Waals surface area contributed by atoms with Crippen molar-refractivity contribution in [2.45, 2.75) is 0 Å². The van der Waals surface area contributed by atoms with E-state index in [1.54, 1.807) is 6.07 Å². The summed E-state index contributed by atoms with van der Waals surface area (Å²) in [6, 6.07) is 6.84. The van der Waals surface area contributed by atoms with Crippen LogP contribution in [0.4, 0.5) is 21.6 Å². The van der Waals surface area contributed by atoms with Crippen molar-refractivity contribution in [1.29, 1.82) is 5.26 Å². The van der Waals surface area contributed by atoms with Gasteiger partial charge in [-0.1, -0.05) is 0 Å². The fourth-order valence-electron chi connectivity index (χ4n) is 1.53. The molecule has 0 atom stereocenters. The standard InChI is InChI=1S/C13H9FN4O2/c14-10-2-1-9(3-7(10)5-15)18-12-11(16)4-8(6-17-12)13(19)20/h1-4,6H,16H2,(H,17,18)(H,19,20). The van der Waals surface area contributed by atoms with Crippen LogP contribution >= 0.6 is 0 Å². The topological polar surface area (TPSA) is 112 Å². The Bertz CT molecular complexity index is 725. The molecule has 0 saturated heterocycles. The molecular formula is C13H9FN4O2. The van der Waals surface area contributed by atoms with E-state index in [2.05, 4.69) is 10.3 Å². The SMILES string of the molecule is N#Cc1cc(Nc2ncc(C(=O)O)cc2N)ccc1F. The third-order valence-corrected chi connectivity index (χ3v) is 2.51. The number of nitrogens with one attached hydrogen (secondary N) is 1. The fraction of sp³-hybridized carbons (Fsp3) is 0. The molecule has 0 fully saturated rings. The molecule has 1 aromatic carbocycles. The quantitative estimate of drug-likeness (QED) is 0.788. The minimum absolute atomic E-state index is 0.0372. The molecule has 0 amide bonds. The summed E-state index contributed by atoms with van der Waals surface area (Å²) in [4.78, 5) is 14.6. The van der Waals surface area contributed by atoms with Crippen LogP contribution in [-0.4, -0.2) is 16.1 Å². The molecule has 2 aromatic rings. The summed E-state index contributed by atoms with van der Waals surface area (Å²) in [6.45, 7) is 0. The summed E-state index contributed by atoms with van der Waals surface area (Å²) in [5.74, 6) is -1.53. The molecule has 0 aliphatic rings. The molecule has 7 heteroatoms. The molecule has 0 aliphatic heterocycles. The maximum absolute atomic E-state index is 13.2. The lowest BCUT2D eigenvalue weighted by molar-refractivity contribution is 0.0696. The van der Waals surface area contributed by atoms with Crippen LogP contribution in [0.1, 0.15) is 15.9 Å². The van der Waals surface area contributed by atoms with Gasteiger partial charge in [0.15, 0.2) is 5.82 Å². The zero-order valence-corrected chi connectivity index (χ0v) is 10.1. The van der Waals surface area contributed by atoms with Crippen LogP contribution in [-0.2, 0) is 0 Å². The molecule has 0 saturated carbocycles. The second-order valence-corrected chi connectivity index (χ2v) is 3.90. The molecular weight excluding hydrogens is 263 g/mol. The van der Waals surface area contributed by atoms with Crippen molar-refractivity contribution in [3.63, 3.8) is 0 Å². The average molecular weight is 272 g/mol. The van der Waals surface area contributed by atoms with Gasteiger partial charge in [-0.2, -0.15) is 5.26 Å². The molecule has 0 radical (unpaired) electrons. The van der Waals surface area contributed by atoms with Gasteiger partial charge in [-0.05, 0) is 24.3 Å². The average Bonchev–Trinajstić information content (AvgIpc) is 2.42. The zero-order chi connectivity index (χ0) is 14.7. The summed E-state index contributed by atoms with van der Waals surface area (Å²) in [5.41, 5.74) is 6.08. The maximum atomic E-state index is 13.2. The number of hydrogen-bond donors (Lipinski definition) is 3. The highest BCUT2D eigenvalue weighted by Crippen LogP contribution is 2.23. The van der Waals surface area contributed by atoms with E-state index in [9.17, 15) is 9.18 Å². The van der Waals surface area contributed by atoms with Crippen molar-refractivity contribution in [2.75, 3.05) is 11.1 Å². The molecule has 100 valence electrons. The van der Waals surface area contributed by atoms with Crippen molar-refractivity contribution < 1.29 is 14.3 Å². The van der Waals surface area contributed by atoms with Crippen LogP contribution in [0, 0.1) is 17.1 Å². The van der Waals surface area contributed by atoms with Crippen LogP contribution in [0.5, 0.6) is 0 Å². The van der Waals surface area contributed by atoms with Crippen molar-refractivity contribution in [2.24, 2.45) is 0 Å². The minimum Gasteiger partial charge on any atom is -0.478 e. The van der Waals surface area contributed by atoms with Gasteiger partial charge < -0.3 is 16.2 Å². The first-order chi connectivity index (χ1) is 9.51. The number of nitrogens with zero attached hydrogens (tertiary/aromatic N) is 2. The Morgan fingerprint density at radius 3 is 2.80 bits per heavy atom. The summed E-state index contributed by atoms with van der Waals surface area (Å²) < 4.78 is 13.2. The lowest BCUT2D eigenvalue weighted by Gasteiger charge is -2.09. The number of aromatic carboxylic acids is 1. The van der Waals surface area contributed by atoms with Crippen molar-refractivity contribution in [1.82, 2.24) is 4.98 Å². The first-order valence-corrected chi connectivity index (χ1v) is 5.46. The highest BCUT2D eigenvalue weighted by molar-refractivity contribution is 5.89. The van der Waals surface area contributed by atoms with Gasteiger partial charge in [0.2, 0.25) is 0 Å². The first-order valence-electron chi connectivity index (χ1n) is 5.46. The van der Waals surface area contributed by atoms with Gasteiger partial charge in [-0.3, -0.25) is 0 Å². The molecule has 4 N–H and O–H groups in total. The third-order valence-electron chi connectivity index (χ3n) is 2.51. The van der Waals surface area contributed by atoms with Crippen molar-refractivity contribution in [3.8, 4) is 6.07 Å². The second-order valence-electron chi connectivity index (χ2n) is 3.90. The number of carbonyl (C=O) groups is 1. The molecule has 0 bridgehead atoms. The molecule has 20 heavy (non-hydrogen) atoms. The Kier molecular flexibility index (Phi) is 3.48. The molecule has 0 aliphatic carbocycles. The number of halogens is 1. The largest absolute Gasteiger partial charge is 0.478 e.